The molecule has 21 heavy (non-hydrogen) atoms. The predicted octanol–water partition coefficient (Wildman–Crippen LogP) is 5.83. The van der Waals surface area contributed by atoms with Crippen LogP contribution in [0.3, 0.4) is 0 Å². The first kappa shape index (κ1) is 19.9. The molecule has 0 radical (unpaired) electrons. The lowest BCUT2D eigenvalue weighted by atomic mass is 10.1. The SMILES string of the molecule is CCCCC[C@@H](F)/C=C/C=C\CCCCCCCC(=O)O. The zero-order valence-corrected chi connectivity index (χ0v) is 13.4. The maximum atomic E-state index is 13.4. The van der Waals surface area contributed by atoms with E-state index in [2.05, 4.69) is 13.0 Å². The Morgan fingerprint density at radius 2 is 1.76 bits per heavy atom. The Morgan fingerprint density at radius 3 is 2.48 bits per heavy atom. The Kier molecular flexibility index (Phi) is 14.5. The lowest BCUT2D eigenvalue weighted by Crippen LogP contribution is -1.93. The van der Waals surface area contributed by atoms with Gasteiger partial charge in [-0.25, -0.2) is 4.39 Å². The normalized spacial score (nSPS) is 13.2. The smallest absolute Gasteiger partial charge is 0.303 e. The van der Waals surface area contributed by atoms with Gasteiger partial charge in [0.1, 0.15) is 6.17 Å². The van der Waals surface area contributed by atoms with E-state index in [-0.39, 0.29) is 6.42 Å². The van der Waals surface area contributed by atoms with Crippen LogP contribution in [0.1, 0.15) is 77.6 Å². The Bertz CT molecular complexity index is 298. The Balaban J connectivity index is 3.37. The third kappa shape index (κ3) is 16.8. The number of unbranched alkanes of at least 4 members (excludes halogenated alkanes) is 7. The van der Waals surface area contributed by atoms with E-state index in [1.54, 1.807) is 6.08 Å². The minimum absolute atomic E-state index is 0.285. The quantitative estimate of drug-likeness (QED) is 0.323. The molecule has 0 aliphatic carbocycles. The second kappa shape index (κ2) is 15.3. The highest BCUT2D eigenvalue weighted by Gasteiger charge is 1.99. The highest BCUT2D eigenvalue weighted by molar-refractivity contribution is 5.66. The number of aliphatic carboxylic acids is 1. The van der Waals surface area contributed by atoms with Crippen molar-refractivity contribution in [2.45, 2.75) is 83.7 Å². The third-order valence-electron chi connectivity index (χ3n) is 3.41. The van der Waals surface area contributed by atoms with Crippen molar-refractivity contribution < 1.29 is 14.3 Å². The number of carbonyl (C=O) groups is 1. The van der Waals surface area contributed by atoms with Crippen molar-refractivity contribution in [1.29, 1.82) is 0 Å². The monoisotopic (exact) mass is 298 g/mol. The van der Waals surface area contributed by atoms with E-state index in [0.717, 1.165) is 57.8 Å². The van der Waals surface area contributed by atoms with Crippen LogP contribution >= 0.6 is 0 Å². The summed E-state index contributed by atoms with van der Waals surface area (Å²) < 4.78 is 13.4. The molecule has 122 valence electrons. The Hall–Kier alpha value is -1.12. The zero-order chi connectivity index (χ0) is 15.8. The van der Waals surface area contributed by atoms with Crippen LogP contribution in [-0.2, 0) is 4.79 Å². The molecule has 0 aliphatic heterocycles. The molecule has 3 heteroatoms. The van der Waals surface area contributed by atoms with E-state index in [0.29, 0.717) is 6.42 Å². The molecule has 1 N–H and O–H groups in total. The van der Waals surface area contributed by atoms with Crippen molar-refractivity contribution in [3.8, 4) is 0 Å². The van der Waals surface area contributed by atoms with Crippen LogP contribution in [0, 0.1) is 0 Å². The number of carboxylic acid groups (broad SMARTS) is 1. The van der Waals surface area contributed by atoms with E-state index in [1.165, 1.54) is 0 Å². The lowest BCUT2D eigenvalue weighted by molar-refractivity contribution is -0.137. The lowest BCUT2D eigenvalue weighted by Gasteiger charge is -2.00. The molecule has 0 aromatic rings. The van der Waals surface area contributed by atoms with Gasteiger partial charge in [-0.3, -0.25) is 4.79 Å². The summed E-state index contributed by atoms with van der Waals surface area (Å²) in [6.45, 7) is 2.12. The molecule has 0 fully saturated rings. The first-order valence-electron chi connectivity index (χ1n) is 8.36. The van der Waals surface area contributed by atoms with Gasteiger partial charge < -0.3 is 5.11 Å². The fraction of sp³-hybridized carbons (Fsp3) is 0.722. The van der Waals surface area contributed by atoms with E-state index >= 15 is 0 Å². The Labute approximate surface area is 129 Å². The molecule has 0 aromatic carbocycles. The average Bonchev–Trinajstić information content (AvgIpc) is 2.44. The van der Waals surface area contributed by atoms with Gasteiger partial charge in [0, 0.05) is 6.42 Å². The van der Waals surface area contributed by atoms with Crippen LogP contribution in [0.25, 0.3) is 0 Å². The molecular weight excluding hydrogens is 267 g/mol. The van der Waals surface area contributed by atoms with Gasteiger partial charge in [0.05, 0.1) is 0 Å². The van der Waals surface area contributed by atoms with Gasteiger partial charge in [0.25, 0.3) is 0 Å². The summed E-state index contributed by atoms with van der Waals surface area (Å²) in [5.74, 6) is -0.703. The number of carboxylic acids is 1. The highest BCUT2D eigenvalue weighted by atomic mass is 19.1. The van der Waals surface area contributed by atoms with Crippen LogP contribution < -0.4 is 0 Å². The second-order valence-electron chi connectivity index (χ2n) is 5.53. The fourth-order valence-electron chi connectivity index (χ4n) is 2.11. The molecule has 0 aliphatic rings. The topological polar surface area (TPSA) is 37.3 Å². The van der Waals surface area contributed by atoms with Gasteiger partial charge in [0.2, 0.25) is 0 Å². The largest absolute Gasteiger partial charge is 0.481 e. The van der Waals surface area contributed by atoms with Crippen LogP contribution in [0.5, 0.6) is 0 Å². The maximum Gasteiger partial charge on any atom is 0.303 e. The van der Waals surface area contributed by atoms with E-state index < -0.39 is 12.1 Å². The predicted molar refractivity (Wildman–Crippen MR) is 87.3 cm³/mol. The summed E-state index contributed by atoms with van der Waals surface area (Å²) in [6.07, 6.45) is 16.9. The molecule has 0 rings (SSSR count). The van der Waals surface area contributed by atoms with Crippen LogP contribution in [0.2, 0.25) is 0 Å². The molecule has 0 saturated heterocycles. The highest BCUT2D eigenvalue weighted by Crippen LogP contribution is 2.09. The molecule has 0 heterocycles. The first-order chi connectivity index (χ1) is 10.2. The standard InChI is InChI=1S/C18H31FO2/c1-2-3-11-14-17(19)15-12-9-7-5-4-6-8-10-13-16-18(20)21/h7,9,12,15,17H,2-6,8,10-11,13-14,16H2,1H3,(H,20,21)/b9-7-,15-12+/t17-/m1/s1. The van der Waals surface area contributed by atoms with Gasteiger partial charge in [-0.05, 0) is 25.7 Å². The van der Waals surface area contributed by atoms with Gasteiger partial charge in [-0.2, -0.15) is 0 Å². The maximum absolute atomic E-state index is 13.4. The summed E-state index contributed by atoms with van der Waals surface area (Å²) in [5, 5.41) is 8.49. The van der Waals surface area contributed by atoms with Crippen LogP contribution in [0.4, 0.5) is 4.39 Å². The summed E-state index contributed by atoms with van der Waals surface area (Å²) in [6, 6.07) is 0. The second-order valence-corrected chi connectivity index (χ2v) is 5.53. The summed E-state index contributed by atoms with van der Waals surface area (Å²) in [7, 11) is 0. The van der Waals surface area contributed by atoms with E-state index in [1.807, 2.05) is 12.2 Å². The molecule has 0 unspecified atom stereocenters. The van der Waals surface area contributed by atoms with Crippen molar-refractivity contribution in [2.75, 3.05) is 0 Å². The average molecular weight is 298 g/mol. The molecule has 0 bridgehead atoms. The van der Waals surface area contributed by atoms with Crippen LogP contribution in [0.15, 0.2) is 24.3 Å². The minimum atomic E-state index is -0.810. The number of rotatable bonds is 14. The third-order valence-corrected chi connectivity index (χ3v) is 3.41. The van der Waals surface area contributed by atoms with Crippen molar-refractivity contribution in [3.05, 3.63) is 24.3 Å². The van der Waals surface area contributed by atoms with Crippen molar-refractivity contribution in [3.63, 3.8) is 0 Å². The number of alkyl halides is 1. The molecule has 1 atom stereocenters. The summed E-state index contributed by atoms with van der Waals surface area (Å²) >= 11 is 0. The zero-order valence-electron chi connectivity index (χ0n) is 13.4. The van der Waals surface area contributed by atoms with Gasteiger partial charge in [0.15, 0.2) is 0 Å². The van der Waals surface area contributed by atoms with Gasteiger partial charge in [-0.1, -0.05) is 69.8 Å². The van der Waals surface area contributed by atoms with Crippen molar-refractivity contribution >= 4 is 5.97 Å². The first-order valence-corrected chi connectivity index (χ1v) is 8.36. The summed E-state index contributed by atoms with van der Waals surface area (Å²) in [5.41, 5.74) is 0. The van der Waals surface area contributed by atoms with Crippen LogP contribution in [-0.4, -0.2) is 17.2 Å². The summed E-state index contributed by atoms with van der Waals surface area (Å²) in [4.78, 5) is 10.3. The van der Waals surface area contributed by atoms with Gasteiger partial charge >= 0.3 is 5.97 Å². The molecule has 2 nitrogen and oxygen atoms in total. The van der Waals surface area contributed by atoms with Crippen molar-refractivity contribution in [1.82, 2.24) is 0 Å². The Morgan fingerprint density at radius 1 is 1.05 bits per heavy atom. The number of hydrogen-bond acceptors (Lipinski definition) is 1. The fourth-order valence-corrected chi connectivity index (χ4v) is 2.11. The molecular formula is C18H31FO2. The van der Waals surface area contributed by atoms with E-state index in [9.17, 15) is 9.18 Å². The molecule has 0 aromatic heterocycles. The number of allylic oxidation sites excluding steroid dienone is 4. The molecule has 0 saturated carbocycles. The molecule has 0 spiro atoms. The molecule has 0 amide bonds. The van der Waals surface area contributed by atoms with E-state index in [4.69, 9.17) is 5.11 Å². The number of halogens is 1. The minimum Gasteiger partial charge on any atom is -0.481 e. The van der Waals surface area contributed by atoms with Crippen molar-refractivity contribution in [2.24, 2.45) is 0 Å². The van der Waals surface area contributed by atoms with Gasteiger partial charge in [-0.15, -0.1) is 0 Å². The number of hydrogen-bond donors (Lipinski definition) is 1.